The van der Waals surface area contributed by atoms with Gasteiger partial charge in [-0.1, -0.05) is 6.08 Å². The van der Waals surface area contributed by atoms with Crippen LogP contribution in [0.3, 0.4) is 0 Å². The third-order valence-electron chi connectivity index (χ3n) is 2.64. The standard InChI is InChI=1S/C13H23N3O4/c1-5-8-16(13(2,3)4)12(20)15-9(11(18)19)6-7-10(14)17/h5,9H,1,6-8H2,2-4H3,(H2,14,17)(H,15,20)(H,18,19)/t9-/m0/s1. The van der Waals surface area contributed by atoms with Crippen LogP contribution in [0.4, 0.5) is 4.79 Å². The highest BCUT2D eigenvalue weighted by Gasteiger charge is 2.29. The SMILES string of the molecule is C=CCN(C(=O)N[C@@H](CCC(N)=O)C(=O)O)C(C)(C)C. The first-order valence-corrected chi connectivity index (χ1v) is 6.29. The molecular weight excluding hydrogens is 262 g/mol. The fourth-order valence-corrected chi connectivity index (χ4v) is 1.56. The van der Waals surface area contributed by atoms with Crippen molar-refractivity contribution in [2.75, 3.05) is 6.54 Å². The van der Waals surface area contributed by atoms with Gasteiger partial charge in [-0.3, -0.25) is 4.79 Å². The number of carbonyl (C=O) groups is 3. The second-order valence-corrected chi connectivity index (χ2v) is 5.42. The summed E-state index contributed by atoms with van der Waals surface area (Å²) in [6.45, 7) is 9.35. The Hall–Kier alpha value is -2.05. The summed E-state index contributed by atoms with van der Waals surface area (Å²) >= 11 is 0. The first-order chi connectivity index (χ1) is 9.09. The summed E-state index contributed by atoms with van der Waals surface area (Å²) in [7, 11) is 0. The highest BCUT2D eigenvalue weighted by Crippen LogP contribution is 2.13. The summed E-state index contributed by atoms with van der Waals surface area (Å²) in [4.78, 5) is 35.4. The van der Waals surface area contributed by atoms with E-state index in [-0.39, 0.29) is 19.4 Å². The zero-order valence-corrected chi connectivity index (χ0v) is 12.2. The van der Waals surface area contributed by atoms with Gasteiger partial charge in [0.15, 0.2) is 0 Å². The molecule has 3 amide bonds. The minimum atomic E-state index is -1.20. The number of amides is 3. The van der Waals surface area contributed by atoms with Gasteiger partial charge in [0, 0.05) is 18.5 Å². The number of carboxylic acids is 1. The van der Waals surface area contributed by atoms with Crippen molar-refractivity contribution in [3.05, 3.63) is 12.7 Å². The predicted octanol–water partition coefficient (Wildman–Crippen LogP) is 0.701. The molecule has 0 aliphatic rings. The van der Waals surface area contributed by atoms with E-state index in [9.17, 15) is 14.4 Å². The first kappa shape index (κ1) is 17.9. The van der Waals surface area contributed by atoms with Crippen LogP contribution in [-0.2, 0) is 9.59 Å². The highest BCUT2D eigenvalue weighted by atomic mass is 16.4. The Kier molecular flexibility index (Phi) is 6.75. The van der Waals surface area contributed by atoms with Gasteiger partial charge in [-0.25, -0.2) is 9.59 Å². The van der Waals surface area contributed by atoms with E-state index >= 15 is 0 Å². The van der Waals surface area contributed by atoms with Gasteiger partial charge in [-0.05, 0) is 27.2 Å². The van der Waals surface area contributed by atoms with Crippen LogP contribution in [0.25, 0.3) is 0 Å². The largest absolute Gasteiger partial charge is 0.480 e. The smallest absolute Gasteiger partial charge is 0.326 e. The second kappa shape index (κ2) is 7.52. The van der Waals surface area contributed by atoms with Crippen LogP contribution in [0.1, 0.15) is 33.6 Å². The normalized spacial score (nSPS) is 12.3. The Labute approximate surface area is 118 Å². The van der Waals surface area contributed by atoms with Crippen LogP contribution in [0.2, 0.25) is 0 Å². The molecule has 0 aromatic rings. The molecule has 7 nitrogen and oxygen atoms in total. The van der Waals surface area contributed by atoms with Gasteiger partial charge < -0.3 is 21.1 Å². The quantitative estimate of drug-likeness (QED) is 0.597. The van der Waals surface area contributed by atoms with E-state index < -0.39 is 29.5 Å². The van der Waals surface area contributed by atoms with E-state index in [1.165, 1.54) is 4.90 Å². The molecule has 0 aromatic carbocycles. The van der Waals surface area contributed by atoms with E-state index in [1.54, 1.807) is 6.08 Å². The van der Waals surface area contributed by atoms with Gasteiger partial charge in [0.05, 0.1) is 0 Å². The van der Waals surface area contributed by atoms with Crippen molar-refractivity contribution in [2.24, 2.45) is 5.73 Å². The summed E-state index contributed by atoms with van der Waals surface area (Å²) in [6, 6.07) is -1.67. The van der Waals surface area contributed by atoms with Gasteiger partial charge in [-0.15, -0.1) is 6.58 Å². The molecule has 0 radical (unpaired) electrons. The van der Waals surface area contributed by atoms with Gasteiger partial charge in [-0.2, -0.15) is 0 Å². The number of nitrogens with two attached hydrogens (primary N) is 1. The molecule has 1 atom stereocenters. The number of urea groups is 1. The topological polar surface area (TPSA) is 113 Å². The minimum Gasteiger partial charge on any atom is -0.480 e. The van der Waals surface area contributed by atoms with Crippen LogP contribution in [0.15, 0.2) is 12.7 Å². The molecular formula is C13H23N3O4. The van der Waals surface area contributed by atoms with Gasteiger partial charge >= 0.3 is 12.0 Å². The lowest BCUT2D eigenvalue weighted by molar-refractivity contribution is -0.139. The molecule has 0 heterocycles. The number of primary amides is 1. The Morgan fingerprint density at radius 1 is 1.40 bits per heavy atom. The lowest BCUT2D eigenvalue weighted by atomic mass is 10.1. The minimum absolute atomic E-state index is 0.0392. The van der Waals surface area contributed by atoms with Crippen molar-refractivity contribution in [1.82, 2.24) is 10.2 Å². The van der Waals surface area contributed by atoms with E-state index in [4.69, 9.17) is 10.8 Å². The number of rotatable bonds is 7. The monoisotopic (exact) mass is 285 g/mol. The number of nitrogens with zero attached hydrogens (tertiary/aromatic N) is 1. The molecule has 0 aliphatic heterocycles. The van der Waals surface area contributed by atoms with Crippen molar-refractivity contribution in [2.45, 2.75) is 45.2 Å². The molecule has 0 saturated heterocycles. The summed E-state index contributed by atoms with van der Waals surface area (Å²) in [5.41, 5.74) is 4.50. The maximum atomic E-state index is 12.1. The van der Waals surface area contributed by atoms with E-state index in [1.807, 2.05) is 20.8 Å². The number of hydrogen-bond donors (Lipinski definition) is 3. The number of carbonyl (C=O) groups excluding carboxylic acids is 2. The molecule has 0 saturated carbocycles. The van der Waals surface area contributed by atoms with Crippen LogP contribution >= 0.6 is 0 Å². The van der Waals surface area contributed by atoms with Crippen molar-refractivity contribution in [3.8, 4) is 0 Å². The molecule has 0 rings (SSSR count). The van der Waals surface area contributed by atoms with Gasteiger partial charge in [0.25, 0.3) is 0 Å². The Morgan fingerprint density at radius 2 is 1.95 bits per heavy atom. The molecule has 20 heavy (non-hydrogen) atoms. The molecule has 7 heteroatoms. The Balaban J connectivity index is 4.83. The molecule has 0 aliphatic carbocycles. The zero-order valence-electron chi connectivity index (χ0n) is 12.2. The lowest BCUT2D eigenvalue weighted by Gasteiger charge is -2.35. The second-order valence-electron chi connectivity index (χ2n) is 5.42. The maximum Gasteiger partial charge on any atom is 0.326 e. The van der Waals surface area contributed by atoms with Crippen LogP contribution < -0.4 is 11.1 Å². The van der Waals surface area contributed by atoms with Gasteiger partial charge in [0.1, 0.15) is 6.04 Å². The number of hydrogen-bond acceptors (Lipinski definition) is 3. The van der Waals surface area contributed by atoms with Crippen molar-refractivity contribution in [1.29, 1.82) is 0 Å². The van der Waals surface area contributed by atoms with Crippen LogP contribution in [0, 0.1) is 0 Å². The van der Waals surface area contributed by atoms with Crippen LogP contribution in [-0.4, -0.2) is 46.0 Å². The number of aliphatic carboxylic acids is 1. The predicted molar refractivity (Wildman–Crippen MR) is 75.0 cm³/mol. The van der Waals surface area contributed by atoms with Crippen molar-refractivity contribution < 1.29 is 19.5 Å². The Bertz CT molecular complexity index is 388. The summed E-state index contributed by atoms with van der Waals surface area (Å²) < 4.78 is 0. The maximum absolute atomic E-state index is 12.1. The summed E-state index contributed by atoms with van der Waals surface area (Å²) in [5.74, 6) is -1.81. The molecule has 0 bridgehead atoms. The molecule has 0 spiro atoms. The summed E-state index contributed by atoms with van der Waals surface area (Å²) in [5, 5.41) is 11.4. The molecule has 0 fully saturated rings. The van der Waals surface area contributed by atoms with Crippen LogP contribution in [0.5, 0.6) is 0 Å². The molecule has 0 unspecified atom stereocenters. The van der Waals surface area contributed by atoms with E-state index in [0.29, 0.717) is 0 Å². The molecule has 4 N–H and O–H groups in total. The third-order valence-corrected chi connectivity index (χ3v) is 2.64. The molecule has 0 aromatic heterocycles. The average Bonchev–Trinajstić information content (AvgIpc) is 2.28. The van der Waals surface area contributed by atoms with E-state index in [0.717, 1.165) is 0 Å². The fourth-order valence-electron chi connectivity index (χ4n) is 1.56. The number of carboxylic acid groups (broad SMARTS) is 1. The average molecular weight is 285 g/mol. The highest BCUT2D eigenvalue weighted by molar-refractivity contribution is 5.83. The number of nitrogens with one attached hydrogen (secondary N) is 1. The van der Waals surface area contributed by atoms with Crippen molar-refractivity contribution in [3.63, 3.8) is 0 Å². The summed E-state index contributed by atoms with van der Waals surface area (Å²) in [6.07, 6.45) is 1.42. The third kappa shape index (κ3) is 6.21. The first-order valence-electron chi connectivity index (χ1n) is 6.29. The Morgan fingerprint density at radius 3 is 2.30 bits per heavy atom. The van der Waals surface area contributed by atoms with E-state index in [2.05, 4.69) is 11.9 Å². The molecule has 114 valence electrons. The van der Waals surface area contributed by atoms with Crippen molar-refractivity contribution >= 4 is 17.9 Å². The fraction of sp³-hybridized carbons (Fsp3) is 0.615. The zero-order chi connectivity index (χ0) is 15.9. The van der Waals surface area contributed by atoms with Gasteiger partial charge in [0.2, 0.25) is 5.91 Å². The lowest BCUT2D eigenvalue weighted by Crippen LogP contribution is -2.54.